The summed E-state index contributed by atoms with van der Waals surface area (Å²) in [4.78, 5) is 14.8. The molecule has 1 aliphatic carbocycles. The molecule has 4 heteroatoms. The number of carbonyl (C=O) groups excluding carboxylic acids is 1. The Morgan fingerprint density at radius 2 is 1.90 bits per heavy atom. The molecule has 0 aromatic carbocycles. The molecule has 1 fully saturated rings. The van der Waals surface area contributed by atoms with Crippen LogP contribution in [-0.2, 0) is 4.79 Å². The quantitative estimate of drug-likeness (QED) is 0.661. The van der Waals surface area contributed by atoms with Gasteiger partial charge in [-0.2, -0.15) is 0 Å². The molecule has 116 valence electrons. The lowest BCUT2D eigenvalue weighted by Crippen LogP contribution is -2.34. The second kappa shape index (κ2) is 10.1. The van der Waals surface area contributed by atoms with Gasteiger partial charge in [0.1, 0.15) is 0 Å². The van der Waals surface area contributed by atoms with Gasteiger partial charge in [0, 0.05) is 25.9 Å². The van der Waals surface area contributed by atoms with Gasteiger partial charge >= 0.3 is 0 Å². The van der Waals surface area contributed by atoms with Crippen molar-refractivity contribution in [1.82, 2.24) is 4.90 Å². The summed E-state index contributed by atoms with van der Waals surface area (Å²) in [6.07, 6.45) is 11.3. The lowest BCUT2D eigenvalue weighted by molar-refractivity contribution is -0.131. The fraction of sp³-hybridized carbons (Fsp3) is 0.875. The number of amides is 1. The van der Waals surface area contributed by atoms with Crippen molar-refractivity contribution in [2.24, 2.45) is 11.7 Å². The normalized spacial score (nSPS) is 16.1. The molecule has 0 bridgehead atoms. The minimum atomic E-state index is 0.292. The molecule has 3 nitrogen and oxygen atoms in total. The fourth-order valence-corrected chi connectivity index (χ4v) is 3.01. The summed E-state index contributed by atoms with van der Waals surface area (Å²) in [5.41, 5.74) is 5.55. The van der Waals surface area contributed by atoms with Crippen LogP contribution in [0.2, 0.25) is 0 Å². The summed E-state index contributed by atoms with van der Waals surface area (Å²) >= 11 is 4.92. The Balaban J connectivity index is 2.34. The summed E-state index contributed by atoms with van der Waals surface area (Å²) < 4.78 is 0. The number of nitrogens with zero attached hydrogens (tertiary/aromatic N) is 1. The number of unbranched alkanes of at least 4 members (excludes halogenated alkanes) is 1. The van der Waals surface area contributed by atoms with Gasteiger partial charge < -0.3 is 10.6 Å². The van der Waals surface area contributed by atoms with Crippen LogP contribution in [0.5, 0.6) is 0 Å². The van der Waals surface area contributed by atoms with Crippen molar-refractivity contribution in [3.63, 3.8) is 0 Å². The first-order valence-electron chi connectivity index (χ1n) is 8.19. The molecule has 0 aliphatic heterocycles. The van der Waals surface area contributed by atoms with Crippen molar-refractivity contribution in [3.8, 4) is 0 Å². The molecule has 0 aromatic rings. The predicted molar refractivity (Wildman–Crippen MR) is 88.7 cm³/mol. The topological polar surface area (TPSA) is 46.3 Å². The van der Waals surface area contributed by atoms with Gasteiger partial charge in [0.2, 0.25) is 5.91 Å². The third kappa shape index (κ3) is 7.22. The maximum atomic E-state index is 12.3. The number of nitrogens with two attached hydrogens (primary N) is 1. The first kappa shape index (κ1) is 17.4. The van der Waals surface area contributed by atoms with Gasteiger partial charge in [-0.3, -0.25) is 4.79 Å². The van der Waals surface area contributed by atoms with Gasteiger partial charge in [-0.15, -0.1) is 0 Å². The first-order valence-corrected chi connectivity index (χ1v) is 8.60. The average Bonchev–Trinajstić information content (AvgIpc) is 2.45. The second-order valence-corrected chi connectivity index (χ2v) is 6.52. The Morgan fingerprint density at radius 3 is 2.50 bits per heavy atom. The summed E-state index contributed by atoms with van der Waals surface area (Å²) in [7, 11) is 0. The summed E-state index contributed by atoms with van der Waals surface area (Å²) in [5, 5.41) is 0. The minimum absolute atomic E-state index is 0.292. The molecule has 0 spiro atoms. The molecule has 0 unspecified atom stereocenters. The van der Waals surface area contributed by atoms with Crippen molar-refractivity contribution in [1.29, 1.82) is 0 Å². The predicted octanol–water partition coefficient (Wildman–Crippen LogP) is 3.65. The van der Waals surface area contributed by atoms with E-state index in [4.69, 9.17) is 18.0 Å². The summed E-state index contributed by atoms with van der Waals surface area (Å²) in [5.74, 6) is 1.07. The van der Waals surface area contributed by atoms with Crippen molar-refractivity contribution >= 4 is 23.1 Å². The molecule has 1 rings (SSSR count). The smallest absolute Gasteiger partial charge is 0.222 e. The van der Waals surface area contributed by atoms with Crippen LogP contribution in [0.1, 0.15) is 71.1 Å². The average molecular weight is 298 g/mol. The van der Waals surface area contributed by atoms with E-state index in [0.29, 0.717) is 30.3 Å². The Morgan fingerprint density at radius 1 is 1.20 bits per heavy atom. The SMILES string of the molecule is CCCCN(CCC(N)=S)C(=O)CCC1CCCCC1. The van der Waals surface area contributed by atoms with E-state index >= 15 is 0 Å². The molecule has 0 radical (unpaired) electrons. The van der Waals surface area contributed by atoms with Crippen LogP contribution in [0.25, 0.3) is 0 Å². The molecule has 0 saturated heterocycles. The van der Waals surface area contributed by atoms with Gasteiger partial charge in [-0.25, -0.2) is 0 Å². The van der Waals surface area contributed by atoms with Crippen LogP contribution in [-0.4, -0.2) is 28.9 Å². The molecular formula is C16H30N2OS. The maximum Gasteiger partial charge on any atom is 0.222 e. The Labute approximate surface area is 129 Å². The van der Waals surface area contributed by atoms with Crippen molar-refractivity contribution < 1.29 is 4.79 Å². The molecule has 1 aliphatic rings. The van der Waals surface area contributed by atoms with E-state index in [2.05, 4.69) is 6.92 Å². The molecule has 0 atom stereocenters. The Kier molecular flexibility index (Phi) is 8.83. The van der Waals surface area contributed by atoms with Crippen LogP contribution >= 0.6 is 12.2 Å². The zero-order valence-corrected chi connectivity index (χ0v) is 13.7. The van der Waals surface area contributed by atoms with E-state index in [9.17, 15) is 4.79 Å². The van der Waals surface area contributed by atoms with E-state index in [1.54, 1.807) is 0 Å². The van der Waals surface area contributed by atoms with E-state index in [0.717, 1.165) is 31.7 Å². The Hall–Kier alpha value is -0.640. The van der Waals surface area contributed by atoms with E-state index in [-0.39, 0.29) is 0 Å². The highest BCUT2D eigenvalue weighted by molar-refractivity contribution is 7.80. The van der Waals surface area contributed by atoms with Gasteiger partial charge in [-0.05, 0) is 18.8 Å². The highest BCUT2D eigenvalue weighted by Crippen LogP contribution is 2.27. The van der Waals surface area contributed by atoms with E-state index in [1.807, 2.05) is 4.90 Å². The summed E-state index contributed by atoms with van der Waals surface area (Å²) in [6, 6.07) is 0. The van der Waals surface area contributed by atoms with Gasteiger partial charge in [0.25, 0.3) is 0 Å². The first-order chi connectivity index (χ1) is 9.63. The monoisotopic (exact) mass is 298 g/mol. The molecule has 1 saturated carbocycles. The number of thiocarbonyl (C=S) groups is 1. The zero-order chi connectivity index (χ0) is 14.8. The zero-order valence-electron chi connectivity index (χ0n) is 12.9. The van der Waals surface area contributed by atoms with Crippen LogP contribution < -0.4 is 5.73 Å². The molecule has 0 heterocycles. The van der Waals surface area contributed by atoms with Crippen molar-refractivity contribution in [2.75, 3.05) is 13.1 Å². The lowest BCUT2D eigenvalue weighted by Gasteiger charge is -2.25. The van der Waals surface area contributed by atoms with Gasteiger partial charge in [0.15, 0.2) is 0 Å². The Bertz CT molecular complexity index is 301. The van der Waals surface area contributed by atoms with Gasteiger partial charge in [0.05, 0.1) is 4.99 Å². The number of rotatable bonds is 9. The van der Waals surface area contributed by atoms with Crippen LogP contribution in [0.3, 0.4) is 0 Å². The molecule has 20 heavy (non-hydrogen) atoms. The number of hydrogen-bond donors (Lipinski definition) is 1. The standard InChI is InChI=1S/C16H30N2OS/c1-2-3-12-18(13-11-15(17)20)16(19)10-9-14-7-5-4-6-8-14/h14H,2-13H2,1H3,(H2,17,20). The molecule has 2 N–H and O–H groups in total. The third-order valence-electron chi connectivity index (χ3n) is 4.25. The second-order valence-electron chi connectivity index (χ2n) is 5.99. The van der Waals surface area contributed by atoms with Crippen LogP contribution in [0.15, 0.2) is 0 Å². The number of carbonyl (C=O) groups is 1. The van der Waals surface area contributed by atoms with Gasteiger partial charge in [-0.1, -0.05) is 57.7 Å². The van der Waals surface area contributed by atoms with Crippen molar-refractivity contribution in [2.45, 2.75) is 71.1 Å². The lowest BCUT2D eigenvalue weighted by atomic mass is 9.86. The highest BCUT2D eigenvalue weighted by Gasteiger charge is 2.18. The maximum absolute atomic E-state index is 12.3. The van der Waals surface area contributed by atoms with Crippen molar-refractivity contribution in [3.05, 3.63) is 0 Å². The minimum Gasteiger partial charge on any atom is -0.393 e. The molecule has 1 amide bonds. The fourth-order valence-electron chi connectivity index (χ4n) is 2.92. The van der Waals surface area contributed by atoms with E-state index in [1.165, 1.54) is 32.1 Å². The third-order valence-corrected chi connectivity index (χ3v) is 4.46. The van der Waals surface area contributed by atoms with Crippen LogP contribution in [0.4, 0.5) is 0 Å². The molecular weight excluding hydrogens is 268 g/mol. The highest BCUT2D eigenvalue weighted by atomic mass is 32.1. The largest absolute Gasteiger partial charge is 0.393 e. The number of hydrogen-bond acceptors (Lipinski definition) is 2. The summed E-state index contributed by atoms with van der Waals surface area (Å²) in [6.45, 7) is 3.69. The van der Waals surface area contributed by atoms with Crippen LogP contribution in [0, 0.1) is 5.92 Å². The molecule has 0 aromatic heterocycles. The van der Waals surface area contributed by atoms with E-state index < -0.39 is 0 Å².